The second-order valence-corrected chi connectivity index (χ2v) is 13.2. The van der Waals surface area contributed by atoms with Crippen LogP contribution in [0, 0.1) is 23.7 Å². The van der Waals surface area contributed by atoms with Gasteiger partial charge in [0.05, 0.1) is 18.7 Å². The summed E-state index contributed by atoms with van der Waals surface area (Å²) in [5.74, 6) is -1.38. The average Bonchev–Trinajstić information content (AvgIpc) is 3.73. The molecule has 0 saturated carbocycles. The first-order chi connectivity index (χ1) is 20.4. The lowest BCUT2D eigenvalue weighted by Gasteiger charge is -2.26. The monoisotopic (exact) mass is 590 g/mol. The standard InChI is InChI=1S/C36H50N2O5/c1-24(2)19-30(37-34(41)26(5)17-18-27-13-9-7-10-14-27)32(39)22-29(21-28-15-11-8-12-16-28)35(42)38-31(20-25(3)4)33(40)36(6)23-43-36/h7-16,24-26,29-31H,17-23H2,1-6H3,(H,37,41)(H,38,42)/t26-,29+,30-,31-,36+/m0/s1. The second-order valence-electron chi connectivity index (χ2n) is 13.2. The van der Waals surface area contributed by atoms with Gasteiger partial charge in [0.15, 0.2) is 11.6 Å². The number of epoxide rings is 1. The molecule has 0 aromatic heterocycles. The molecule has 0 radical (unpaired) electrons. The van der Waals surface area contributed by atoms with Crippen LogP contribution in [0.2, 0.25) is 0 Å². The van der Waals surface area contributed by atoms with Crippen molar-refractivity contribution in [3.63, 3.8) is 0 Å². The van der Waals surface area contributed by atoms with Crippen LogP contribution >= 0.6 is 0 Å². The van der Waals surface area contributed by atoms with Crippen molar-refractivity contribution >= 4 is 23.4 Å². The highest BCUT2D eigenvalue weighted by Gasteiger charge is 2.50. The van der Waals surface area contributed by atoms with Crippen molar-refractivity contribution in [2.45, 2.75) is 97.8 Å². The van der Waals surface area contributed by atoms with Crippen LogP contribution < -0.4 is 10.6 Å². The van der Waals surface area contributed by atoms with Crippen molar-refractivity contribution in [2.24, 2.45) is 23.7 Å². The summed E-state index contributed by atoms with van der Waals surface area (Å²) >= 11 is 0. The van der Waals surface area contributed by atoms with E-state index in [4.69, 9.17) is 4.74 Å². The summed E-state index contributed by atoms with van der Waals surface area (Å²) in [6.07, 6.45) is 2.74. The lowest BCUT2D eigenvalue weighted by molar-refractivity contribution is -0.135. The third-order valence-electron chi connectivity index (χ3n) is 8.15. The minimum absolute atomic E-state index is 0.0346. The Labute approximate surface area is 257 Å². The summed E-state index contributed by atoms with van der Waals surface area (Å²) < 4.78 is 5.39. The van der Waals surface area contributed by atoms with Crippen LogP contribution in [0.5, 0.6) is 0 Å². The van der Waals surface area contributed by atoms with E-state index in [9.17, 15) is 19.2 Å². The maximum atomic E-state index is 13.8. The normalized spacial score (nSPS) is 18.9. The first-order valence-corrected chi connectivity index (χ1v) is 15.8. The first kappa shape index (κ1) is 34.2. The number of amides is 2. The first-order valence-electron chi connectivity index (χ1n) is 15.8. The van der Waals surface area contributed by atoms with Crippen molar-refractivity contribution in [3.05, 3.63) is 71.8 Å². The van der Waals surface area contributed by atoms with E-state index >= 15 is 0 Å². The molecular weight excluding hydrogens is 540 g/mol. The van der Waals surface area contributed by atoms with Crippen LogP contribution in [-0.2, 0) is 36.8 Å². The molecule has 1 saturated heterocycles. The van der Waals surface area contributed by atoms with E-state index in [0.29, 0.717) is 32.3 Å². The Bertz CT molecular complexity index is 1210. The summed E-state index contributed by atoms with van der Waals surface area (Å²) in [4.78, 5) is 54.0. The van der Waals surface area contributed by atoms with Crippen LogP contribution in [0.3, 0.4) is 0 Å². The number of ketones is 2. The molecule has 5 atom stereocenters. The number of ether oxygens (including phenoxy) is 1. The van der Waals surface area contributed by atoms with Gasteiger partial charge in [-0.3, -0.25) is 19.2 Å². The van der Waals surface area contributed by atoms with Crippen LogP contribution in [-0.4, -0.2) is 47.7 Å². The molecule has 234 valence electrons. The predicted octanol–water partition coefficient (Wildman–Crippen LogP) is 5.49. The molecule has 1 fully saturated rings. The summed E-state index contributed by atoms with van der Waals surface area (Å²) in [6.45, 7) is 12.0. The summed E-state index contributed by atoms with van der Waals surface area (Å²) in [5.41, 5.74) is 1.24. The Morgan fingerprint density at radius 1 is 0.767 bits per heavy atom. The minimum Gasteiger partial charge on any atom is -0.361 e. The number of rotatable bonds is 18. The number of benzene rings is 2. The number of carbonyl (C=O) groups excluding carboxylic acids is 4. The van der Waals surface area contributed by atoms with Crippen LogP contribution in [0.1, 0.15) is 78.4 Å². The van der Waals surface area contributed by atoms with Gasteiger partial charge in [-0.15, -0.1) is 0 Å². The van der Waals surface area contributed by atoms with Crippen LogP contribution in [0.15, 0.2) is 60.7 Å². The third kappa shape index (κ3) is 11.0. The molecule has 1 aliphatic rings. The van der Waals surface area contributed by atoms with Gasteiger partial charge >= 0.3 is 0 Å². The number of carbonyl (C=O) groups is 4. The zero-order valence-electron chi connectivity index (χ0n) is 26.7. The lowest BCUT2D eigenvalue weighted by Crippen LogP contribution is -2.50. The SMILES string of the molecule is CC(C)C[C@H](NC(=O)[C@@H](C)CCc1ccccc1)C(=O)C[C@@H](Cc1ccccc1)C(=O)N[C@@H](CC(C)C)C(=O)[C@@]1(C)CO1. The van der Waals surface area contributed by atoms with E-state index < -0.39 is 23.6 Å². The Morgan fingerprint density at radius 3 is 1.81 bits per heavy atom. The molecule has 3 rings (SSSR count). The maximum absolute atomic E-state index is 13.8. The zero-order chi connectivity index (χ0) is 31.6. The van der Waals surface area contributed by atoms with Gasteiger partial charge in [0.2, 0.25) is 11.8 Å². The maximum Gasteiger partial charge on any atom is 0.224 e. The van der Waals surface area contributed by atoms with Crippen molar-refractivity contribution in [3.8, 4) is 0 Å². The van der Waals surface area contributed by atoms with Gasteiger partial charge < -0.3 is 15.4 Å². The highest BCUT2D eigenvalue weighted by Crippen LogP contribution is 2.30. The minimum atomic E-state index is -0.860. The predicted molar refractivity (Wildman–Crippen MR) is 169 cm³/mol. The Morgan fingerprint density at radius 2 is 1.28 bits per heavy atom. The molecule has 7 heteroatoms. The fourth-order valence-electron chi connectivity index (χ4n) is 5.37. The Kier molecular flexibility index (Phi) is 12.7. The molecule has 0 unspecified atom stereocenters. The fraction of sp³-hybridized carbons (Fsp3) is 0.556. The average molecular weight is 591 g/mol. The number of hydrogen-bond acceptors (Lipinski definition) is 5. The summed E-state index contributed by atoms with van der Waals surface area (Å²) in [6, 6.07) is 18.2. The molecule has 1 heterocycles. The molecule has 0 spiro atoms. The molecule has 0 aliphatic carbocycles. The smallest absolute Gasteiger partial charge is 0.224 e. The molecule has 2 aromatic carbocycles. The molecule has 43 heavy (non-hydrogen) atoms. The molecule has 2 N–H and O–H groups in total. The molecular formula is C36H50N2O5. The Balaban J connectivity index is 1.74. The van der Waals surface area contributed by atoms with Crippen LogP contribution in [0.25, 0.3) is 0 Å². The zero-order valence-corrected chi connectivity index (χ0v) is 26.7. The van der Waals surface area contributed by atoms with E-state index in [-0.39, 0.29) is 47.6 Å². The summed E-state index contributed by atoms with van der Waals surface area (Å²) in [5, 5.41) is 6.00. The van der Waals surface area contributed by atoms with Gasteiger partial charge in [0.25, 0.3) is 0 Å². The number of Topliss-reactive ketones (excluding diaryl/α,β-unsaturated/α-hetero) is 2. The molecule has 1 aliphatic heterocycles. The van der Waals surface area contributed by atoms with Crippen molar-refractivity contribution in [2.75, 3.05) is 6.61 Å². The van der Waals surface area contributed by atoms with Gasteiger partial charge in [-0.1, -0.05) is 95.3 Å². The third-order valence-corrected chi connectivity index (χ3v) is 8.15. The van der Waals surface area contributed by atoms with Gasteiger partial charge in [0, 0.05) is 18.3 Å². The highest BCUT2D eigenvalue weighted by molar-refractivity contribution is 5.98. The van der Waals surface area contributed by atoms with E-state index in [1.54, 1.807) is 6.92 Å². The van der Waals surface area contributed by atoms with E-state index in [1.165, 1.54) is 5.56 Å². The summed E-state index contributed by atoms with van der Waals surface area (Å²) in [7, 11) is 0. The van der Waals surface area contributed by atoms with Crippen molar-refractivity contribution in [1.29, 1.82) is 0 Å². The van der Waals surface area contributed by atoms with E-state index in [2.05, 4.69) is 10.6 Å². The molecule has 7 nitrogen and oxygen atoms in total. The highest BCUT2D eigenvalue weighted by atomic mass is 16.6. The van der Waals surface area contributed by atoms with E-state index in [1.807, 2.05) is 95.3 Å². The molecule has 0 bridgehead atoms. The number of aryl methyl sites for hydroxylation is 1. The largest absolute Gasteiger partial charge is 0.361 e. The topological polar surface area (TPSA) is 105 Å². The van der Waals surface area contributed by atoms with Crippen molar-refractivity contribution < 1.29 is 23.9 Å². The lowest BCUT2D eigenvalue weighted by atomic mass is 9.87. The second kappa shape index (κ2) is 15.9. The number of nitrogens with one attached hydrogen (secondary N) is 2. The molecule has 2 aromatic rings. The van der Waals surface area contributed by atoms with Crippen molar-refractivity contribution in [1.82, 2.24) is 10.6 Å². The van der Waals surface area contributed by atoms with Gasteiger partial charge in [-0.25, -0.2) is 0 Å². The van der Waals surface area contributed by atoms with Gasteiger partial charge in [-0.2, -0.15) is 0 Å². The van der Waals surface area contributed by atoms with Gasteiger partial charge in [0.1, 0.15) is 5.60 Å². The number of hydrogen-bond donors (Lipinski definition) is 2. The fourth-order valence-corrected chi connectivity index (χ4v) is 5.37. The molecule has 2 amide bonds. The Hall–Kier alpha value is -3.32. The van der Waals surface area contributed by atoms with E-state index in [0.717, 1.165) is 12.0 Å². The quantitative estimate of drug-likeness (QED) is 0.223. The van der Waals surface area contributed by atoms with Gasteiger partial charge in [-0.05, 0) is 62.0 Å². The van der Waals surface area contributed by atoms with Crippen LogP contribution in [0.4, 0.5) is 0 Å².